The molecule has 0 saturated carbocycles. The Labute approximate surface area is 110 Å². The number of nitrogens with zero attached hydrogens (tertiary/aromatic N) is 1. The Balaban J connectivity index is 2.10. The minimum atomic E-state index is -0.564. The molecule has 0 bridgehead atoms. The second-order valence-electron chi connectivity index (χ2n) is 4.29. The van der Waals surface area contributed by atoms with Gasteiger partial charge in [-0.2, -0.15) is 0 Å². The van der Waals surface area contributed by atoms with Gasteiger partial charge in [-0.05, 0) is 31.0 Å². The minimum Gasteiger partial charge on any atom is -0.385 e. The van der Waals surface area contributed by atoms with Crippen molar-refractivity contribution < 1.29 is 18.7 Å². The van der Waals surface area contributed by atoms with E-state index in [0.29, 0.717) is 19.4 Å². The van der Waals surface area contributed by atoms with Gasteiger partial charge in [0.25, 0.3) is 5.91 Å². The van der Waals surface area contributed by atoms with E-state index in [1.165, 1.54) is 18.2 Å². The lowest BCUT2D eigenvalue weighted by Crippen LogP contribution is -2.31. The van der Waals surface area contributed by atoms with Crippen LogP contribution in [0.3, 0.4) is 0 Å². The Hall–Kier alpha value is -1.95. The molecule has 3 amide bonds. The third-order valence-corrected chi connectivity index (χ3v) is 2.93. The highest BCUT2D eigenvalue weighted by Crippen LogP contribution is 2.21. The molecule has 1 heterocycles. The van der Waals surface area contributed by atoms with E-state index in [1.54, 1.807) is 7.11 Å². The van der Waals surface area contributed by atoms with Gasteiger partial charge < -0.3 is 10.1 Å². The topological polar surface area (TPSA) is 58.6 Å². The molecule has 1 saturated heterocycles. The van der Waals surface area contributed by atoms with Gasteiger partial charge in [0, 0.05) is 13.7 Å². The average Bonchev–Trinajstić information content (AvgIpc) is 2.65. The fourth-order valence-corrected chi connectivity index (χ4v) is 2.02. The van der Waals surface area contributed by atoms with Crippen LogP contribution in [0.4, 0.5) is 14.9 Å². The molecule has 0 aliphatic carbocycles. The molecule has 1 aliphatic rings. The molecular weight excluding hydrogens is 251 g/mol. The maximum Gasteiger partial charge on any atom is 0.329 e. The highest BCUT2D eigenvalue weighted by atomic mass is 19.1. The van der Waals surface area contributed by atoms with Crippen molar-refractivity contribution in [2.45, 2.75) is 18.9 Å². The summed E-state index contributed by atoms with van der Waals surface area (Å²) in [6, 6.07) is 4.33. The summed E-state index contributed by atoms with van der Waals surface area (Å²) in [6.07, 6.45) is 1.18. The van der Waals surface area contributed by atoms with Crippen LogP contribution in [-0.2, 0) is 9.53 Å². The van der Waals surface area contributed by atoms with Gasteiger partial charge in [-0.3, -0.25) is 4.79 Å². The van der Waals surface area contributed by atoms with E-state index in [1.807, 2.05) is 0 Å². The molecule has 1 aromatic rings. The summed E-state index contributed by atoms with van der Waals surface area (Å²) in [5.74, 6) is -0.840. The molecule has 1 aliphatic heterocycles. The molecule has 0 radical (unpaired) electrons. The van der Waals surface area contributed by atoms with Gasteiger partial charge in [-0.15, -0.1) is 0 Å². The van der Waals surface area contributed by atoms with E-state index >= 15 is 0 Å². The van der Waals surface area contributed by atoms with Crippen LogP contribution >= 0.6 is 0 Å². The zero-order valence-corrected chi connectivity index (χ0v) is 10.6. The first-order valence-corrected chi connectivity index (χ1v) is 6.02. The fourth-order valence-electron chi connectivity index (χ4n) is 2.02. The van der Waals surface area contributed by atoms with Crippen LogP contribution in [0.15, 0.2) is 24.3 Å². The summed E-state index contributed by atoms with van der Waals surface area (Å²) < 4.78 is 18.0. The highest BCUT2D eigenvalue weighted by molar-refractivity contribution is 6.21. The number of imide groups is 1. The van der Waals surface area contributed by atoms with Crippen molar-refractivity contribution in [2.24, 2.45) is 0 Å². The van der Waals surface area contributed by atoms with Gasteiger partial charge in [0.2, 0.25) is 0 Å². The number of methoxy groups -OCH3 is 1. The molecule has 0 spiro atoms. The van der Waals surface area contributed by atoms with Crippen molar-refractivity contribution in [2.75, 3.05) is 18.6 Å². The second-order valence-corrected chi connectivity index (χ2v) is 4.29. The van der Waals surface area contributed by atoms with E-state index in [-0.39, 0.29) is 11.6 Å². The molecular formula is C13H15FN2O3. The van der Waals surface area contributed by atoms with Crippen molar-refractivity contribution in [3.8, 4) is 0 Å². The lowest BCUT2D eigenvalue weighted by molar-refractivity contribution is -0.118. The molecule has 2 rings (SSSR count). The van der Waals surface area contributed by atoms with Gasteiger partial charge in [-0.25, -0.2) is 14.1 Å². The Bertz CT molecular complexity index is 493. The molecule has 5 nitrogen and oxygen atoms in total. The number of hydrogen-bond donors (Lipinski definition) is 1. The van der Waals surface area contributed by atoms with E-state index in [0.717, 1.165) is 11.0 Å². The lowest BCUT2D eigenvalue weighted by atomic mass is 10.1. The first-order chi connectivity index (χ1) is 9.13. The summed E-state index contributed by atoms with van der Waals surface area (Å²) in [4.78, 5) is 24.9. The quantitative estimate of drug-likeness (QED) is 0.651. The van der Waals surface area contributed by atoms with Gasteiger partial charge in [-0.1, -0.05) is 6.07 Å². The number of amides is 3. The molecule has 0 aromatic heterocycles. The lowest BCUT2D eigenvalue weighted by Gasteiger charge is -2.12. The Morgan fingerprint density at radius 3 is 2.89 bits per heavy atom. The predicted molar refractivity (Wildman–Crippen MR) is 67.3 cm³/mol. The zero-order valence-electron chi connectivity index (χ0n) is 10.6. The number of halogens is 1. The fraction of sp³-hybridized carbons (Fsp3) is 0.385. The summed E-state index contributed by atoms with van der Waals surface area (Å²) in [5.41, 5.74) is 0.247. The van der Waals surface area contributed by atoms with Gasteiger partial charge in [0.1, 0.15) is 11.9 Å². The monoisotopic (exact) mass is 266 g/mol. The van der Waals surface area contributed by atoms with Crippen molar-refractivity contribution in [1.82, 2.24) is 5.32 Å². The average molecular weight is 266 g/mol. The number of urea groups is 1. The Kier molecular flexibility index (Phi) is 4.11. The second kappa shape index (κ2) is 5.79. The molecule has 102 valence electrons. The molecule has 1 atom stereocenters. The van der Waals surface area contributed by atoms with Crippen LogP contribution in [0.2, 0.25) is 0 Å². The van der Waals surface area contributed by atoms with E-state index < -0.39 is 17.9 Å². The van der Waals surface area contributed by atoms with Crippen LogP contribution in [-0.4, -0.2) is 31.7 Å². The highest BCUT2D eigenvalue weighted by Gasteiger charge is 2.38. The zero-order chi connectivity index (χ0) is 13.8. The van der Waals surface area contributed by atoms with Crippen molar-refractivity contribution >= 4 is 17.6 Å². The van der Waals surface area contributed by atoms with Gasteiger partial charge >= 0.3 is 6.03 Å². The van der Waals surface area contributed by atoms with Gasteiger partial charge in [0.15, 0.2) is 0 Å². The molecule has 1 fully saturated rings. The molecule has 6 heteroatoms. The van der Waals surface area contributed by atoms with Crippen molar-refractivity contribution in [3.63, 3.8) is 0 Å². The molecule has 1 unspecified atom stereocenters. The largest absolute Gasteiger partial charge is 0.385 e. The molecule has 1 aromatic carbocycles. The standard InChI is InChI=1S/C13H15FN2O3/c1-19-7-3-6-11-12(17)16(13(18)15-11)10-5-2-4-9(14)8-10/h2,4-5,8,11H,3,6-7H2,1H3,(H,15,18). The van der Waals surface area contributed by atoms with E-state index in [2.05, 4.69) is 5.32 Å². The first kappa shape index (κ1) is 13.5. The van der Waals surface area contributed by atoms with Crippen LogP contribution in [0, 0.1) is 5.82 Å². The van der Waals surface area contributed by atoms with Crippen LogP contribution < -0.4 is 10.2 Å². The van der Waals surface area contributed by atoms with E-state index in [9.17, 15) is 14.0 Å². The molecule has 1 N–H and O–H groups in total. The maximum atomic E-state index is 13.1. The maximum absolute atomic E-state index is 13.1. The summed E-state index contributed by atoms with van der Waals surface area (Å²) >= 11 is 0. The smallest absolute Gasteiger partial charge is 0.329 e. The number of carbonyl (C=O) groups excluding carboxylic acids is 2. The van der Waals surface area contributed by atoms with Crippen molar-refractivity contribution in [1.29, 1.82) is 0 Å². The normalized spacial score (nSPS) is 18.8. The predicted octanol–water partition coefficient (Wildman–Crippen LogP) is 1.68. The number of benzene rings is 1. The number of anilines is 1. The number of hydrogen-bond acceptors (Lipinski definition) is 3. The third-order valence-electron chi connectivity index (χ3n) is 2.93. The SMILES string of the molecule is COCCCC1NC(=O)N(c2cccc(F)c2)C1=O. The summed E-state index contributed by atoms with van der Waals surface area (Å²) in [6.45, 7) is 0.527. The van der Waals surface area contributed by atoms with Crippen LogP contribution in [0.5, 0.6) is 0 Å². The minimum absolute atomic E-state index is 0.247. The number of nitrogens with one attached hydrogen (secondary N) is 1. The van der Waals surface area contributed by atoms with Crippen LogP contribution in [0.1, 0.15) is 12.8 Å². The Morgan fingerprint density at radius 2 is 2.21 bits per heavy atom. The van der Waals surface area contributed by atoms with Gasteiger partial charge in [0.05, 0.1) is 5.69 Å². The number of ether oxygens (including phenoxy) is 1. The summed E-state index contributed by atoms with van der Waals surface area (Å²) in [5, 5.41) is 2.59. The van der Waals surface area contributed by atoms with Crippen molar-refractivity contribution in [3.05, 3.63) is 30.1 Å². The molecule has 19 heavy (non-hydrogen) atoms. The first-order valence-electron chi connectivity index (χ1n) is 6.02. The van der Waals surface area contributed by atoms with E-state index in [4.69, 9.17) is 4.74 Å². The van der Waals surface area contributed by atoms with Crippen LogP contribution in [0.25, 0.3) is 0 Å². The number of carbonyl (C=O) groups is 2. The third kappa shape index (κ3) is 2.90. The Morgan fingerprint density at radius 1 is 1.42 bits per heavy atom. The number of rotatable bonds is 5. The summed E-state index contributed by atoms with van der Waals surface area (Å²) in [7, 11) is 1.58.